The molecule has 0 bridgehead atoms. The molecule has 1 N–H and O–H groups in total. The third-order valence-corrected chi connectivity index (χ3v) is 3.40. The average molecular weight is 278 g/mol. The van der Waals surface area contributed by atoms with Crippen molar-refractivity contribution in [2.24, 2.45) is 5.92 Å². The number of hydrogen-bond acceptors (Lipinski definition) is 4. The molecule has 0 saturated carbocycles. The molecule has 1 atom stereocenters. The van der Waals surface area contributed by atoms with Crippen LogP contribution in [0.1, 0.15) is 37.2 Å². The average Bonchev–Trinajstić information content (AvgIpc) is 2.46. The lowest BCUT2D eigenvalue weighted by atomic mass is 9.99. The van der Waals surface area contributed by atoms with E-state index in [4.69, 9.17) is 4.74 Å². The van der Waals surface area contributed by atoms with Crippen LogP contribution in [0.25, 0.3) is 0 Å². The zero-order chi connectivity index (χ0) is 14.5. The van der Waals surface area contributed by atoms with E-state index in [0.29, 0.717) is 24.5 Å². The van der Waals surface area contributed by atoms with E-state index in [-0.39, 0.29) is 24.5 Å². The van der Waals surface area contributed by atoms with Gasteiger partial charge in [-0.15, -0.1) is 0 Å². The number of carbonyl (C=O) groups is 1. The van der Waals surface area contributed by atoms with Crippen molar-refractivity contribution < 1.29 is 14.6 Å². The minimum Gasteiger partial charge on any atom is -0.489 e. The largest absolute Gasteiger partial charge is 0.489 e. The highest BCUT2D eigenvalue weighted by atomic mass is 16.5. The summed E-state index contributed by atoms with van der Waals surface area (Å²) in [5.74, 6) is 0.587. The van der Waals surface area contributed by atoms with Gasteiger partial charge in [0.1, 0.15) is 0 Å². The lowest BCUT2D eigenvalue weighted by Gasteiger charge is -2.32. The van der Waals surface area contributed by atoms with Gasteiger partial charge in [0.05, 0.1) is 6.10 Å². The molecule has 1 amide bonds. The minimum absolute atomic E-state index is 0.00250. The molecule has 5 heteroatoms. The normalized spacial score (nSPS) is 19.2. The summed E-state index contributed by atoms with van der Waals surface area (Å²) in [6, 6.07) is 3.54. The molecule has 20 heavy (non-hydrogen) atoms. The van der Waals surface area contributed by atoms with Crippen molar-refractivity contribution in [3.8, 4) is 5.75 Å². The van der Waals surface area contributed by atoms with Crippen LogP contribution in [0.3, 0.4) is 0 Å². The second-order valence-electron chi connectivity index (χ2n) is 5.46. The number of aromatic nitrogens is 1. The van der Waals surface area contributed by atoms with Crippen molar-refractivity contribution in [3.05, 3.63) is 24.0 Å². The summed E-state index contributed by atoms with van der Waals surface area (Å²) >= 11 is 0. The quantitative estimate of drug-likeness (QED) is 0.910. The highest BCUT2D eigenvalue weighted by molar-refractivity contribution is 5.95. The monoisotopic (exact) mass is 278 g/mol. The predicted octanol–water partition coefficient (Wildman–Crippen LogP) is 1.71. The molecular formula is C15H22N2O3. The molecular weight excluding hydrogens is 256 g/mol. The zero-order valence-corrected chi connectivity index (χ0v) is 12.1. The topological polar surface area (TPSA) is 62.7 Å². The van der Waals surface area contributed by atoms with Crippen molar-refractivity contribution >= 4 is 5.91 Å². The van der Waals surface area contributed by atoms with Crippen molar-refractivity contribution in [1.29, 1.82) is 0 Å². The van der Waals surface area contributed by atoms with Crippen LogP contribution in [0.5, 0.6) is 5.75 Å². The molecule has 2 heterocycles. The van der Waals surface area contributed by atoms with Crippen LogP contribution < -0.4 is 4.74 Å². The summed E-state index contributed by atoms with van der Waals surface area (Å²) in [6.07, 6.45) is 3.49. The molecule has 110 valence electrons. The van der Waals surface area contributed by atoms with Gasteiger partial charge in [-0.1, -0.05) is 0 Å². The van der Waals surface area contributed by atoms with Crippen LogP contribution in [-0.4, -0.2) is 46.7 Å². The number of nitrogens with zero attached hydrogens (tertiary/aromatic N) is 2. The van der Waals surface area contributed by atoms with Crippen molar-refractivity contribution in [3.63, 3.8) is 0 Å². The molecule has 1 saturated heterocycles. The summed E-state index contributed by atoms with van der Waals surface area (Å²) in [7, 11) is 0. The molecule has 1 aliphatic rings. The Morgan fingerprint density at radius 3 is 3.10 bits per heavy atom. The second-order valence-corrected chi connectivity index (χ2v) is 5.46. The van der Waals surface area contributed by atoms with Gasteiger partial charge < -0.3 is 14.7 Å². The highest BCUT2D eigenvalue weighted by Gasteiger charge is 2.26. The number of piperidine rings is 1. The molecule has 0 radical (unpaired) electrons. The predicted molar refractivity (Wildman–Crippen MR) is 75.7 cm³/mol. The van der Waals surface area contributed by atoms with E-state index in [1.165, 1.54) is 0 Å². The summed E-state index contributed by atoms with van der Waals surface area (Å²) in [6.45, 7) is 5.27. The highest BCUT2D eigenvalue weighted by Crippen LogP contribution is 2.22. The Balaban J connectivity index is 2.16. The van der Waals surface area contributed by atoms with Crippen molar-refractivity contribution in [2.45, 2.75) is 32.8 Å². The molecule has 1 aliphatic heterocycles. The number of hydrogen-bond donors (Lipinski definition) is 1. The van der Waals surface area contributed by atoms with Gasteiger partial charge in [0.15, 0.2) is 11.4 Å². The SMILES string of the molecule is CC(C)Oc1cccnc1C(=O)N1CCCC(CO)C1. The van der Waals surface area contributed by atoms with Crippen LogP contribution in [-0.2, 0) is 0 Å². The number of carbonyl (C=O) groups excluding carboxylic acids is 1. The second kappa shape index (κ2) is 6.70. The summed E-state index contributed by atoms with van der Waals surface area (Å²) in [5, 5.41) is 9.26. The first-order valence-corrected chi connectivity index (χ1v) is 7.13. The standard InChI is InChI=1S/C15H22N2O3/c1-11(2)20-13-6-3-7-16-14(13)15(19)17-8-4-5-12(9-17)10-18/h3,6-7,11-12,18H,4-5,8-10H2,1-2H3. The van der Waals surface area contributed by atoms with Crippen LogP contribution >= 0.6 is 0 Å². The van der Waals surface area contributed by atoms with Gasteiger partial charge in [0, 0.05) is 25.9 Å². The van der Waals surface area contributed by atoms with E-state index in [9.17, 15) is 9.90 Å². The lowest BCUT2D eigenvalue weighted by Crippen LogP contribution is -2.41. The number of likely N-dealkylation sites (tertiary alicyclic amines) is 1. The van der Waals surface area contributed by atoms with Gasteiger partial charge in [-0.05, 0) is 44.7 Å². The zero-order valence-electron chi connectivity index (χ0n) is 12.1. The first-order chi connectivity index (χ1) is 9.61. The Kier molecular flexibility index (Phi) is 4.95. The third-order valence-electron chi connectivity index (χ3n) is 3.40. The van der Waals surface area contributed by atoms with Gasteiger partial charge in [0.25, 0.3) is 5.91 Å². The van der Waals surface area contributed by atoms with Crippen LogP contribution in [0.4, 0.5) is 0 Å². The molecule has 1 unspecified atom stereocenters. The molecule has 2 rings (SSSR count). The van der Waals surface area contributed by atoms with Crippen LogP contribution in [0.15, 0.2) is 18.3 Å². The van der Waals surface area contributed by atoms with Crippen LogP contribution in [0, 0.1) is 5.92 Å². The van der Waals surface area contributed by atoms with E-state index in [1.807, 2.05) is 13.8 Å². The fourth-order valence-corrected chi connectivity index (χ4v) is 2.45. The number of aliphatic hydroxyl groups excluding tert-OH is 1. The van der Waals surface area contributed by atoms with E-state index in [1.54, 1.807) is 23.2 Å². The molecule has 1 aromatic rings. The Labute approximate surface area is 119 Å². The van der Waals surface area contributed by atoms with E-state index < -0.39 is 0 Å². The van der Waals surface area contributed by atoms with E-state index in [2.05, 4.69) is 4.98 Å². The first kappa shape index (κ1) is 14.8. The number of ether oxygens (including phenoxy) is 1. The maximum atomic E-state index is 12.6. The molecule has 0 spiro atoms. The molecule has 0 aromatic carbocycles. The molecule has 5 nitrogen and oxygen atoms in total. The molecule has 0 aliphatic carbocycles. The van der Waals surface area contributed by atoms with Crippen molar-refractivity contribution in [2.75, 3.05) is 19.7 Å². The van der Waals surface area contributed by atoms with Gasteiger partial charge in [-0.3, -0.25) is 4.79 Å². The maximum Gasteiger partial charge on any atom is 0.276 e. The third kappa shape index (κ3) is 3.48. The maximum absolute atomic E-state index is 12.6. The first-order valence-electron chi connectivity index (χ1n) is 7.13. The summed E-state index contributed by atoms with van der Waals surface area (Å²) < 4.78 is 5.65. The van der Waals surface area contributed by atoms with Gasteiger partial charge in [-0.2, -0.15) is 0 Å². The molecule has 1 fully saturated rings. The molecule has 1 aromatic heterocycles. The van der Waals surface area contributed by atoms with E-state index in [0.717, 1.165) is 12.8 Å². The Morgan fingerprint density at radius 1 is 1.60 bits per heavy atom. The van der Waals surface area contributed by atoms with Gasteiger partial charge >= 0.3 is 0 Å². The van der Waals surface area contributed by atoms with Gasteiger partial charge in [-0.25, -0.2) is 4.98 Å². The van der Waals surface area contributed by atoms with Crippen molar-refractivity contribution in [1.82, 2.24) is 9.88 Å². The number of aliphatic hydroxyl groups is 1. The van der Waals surface area contributed by atoms with Crippen LogP contribution in [0.2, 0.25) is 0 Å². The minimum atomic E-state index is -0.112. The number of amides is 1. The number of pyridine rings is 1. The smallest absolute Gasteiger partial charge is 0.276 e. The Bertz CT molecular complexity index is 462. The van der Waals surface area contributed by atoms with Gasteiger partial charge in [0.2, 0.25) is 0 Å². The fraction of sp³-hybridized carbons (Fsp3) is 0.600. The fourth-order valence-electron chi connectivity index (χ4n) is 2.45. The van der Waals surface area contributed by atoms with E-state index >= 15 is 0 Å². The lowest BCUT2D eigenvalue weighted by molar-refractivity contribution is 0.0609. The number of rotatable bonds is 4. The summed E-state index contributed by atoms with van der Waals surface area (Å²) in [4.78, 5) is 18.5. The Hall–Kier alpha value is -1.62. The summed E-state index contributed by atoms with van der Waals surface area (Å²) in [5.41, 5.74) is 0.361. The Morgan fingerprint density at radius 2 is 2.40 bits per heavy atom.